The van der Waals surface area contributed by atoms with Gasteiger partial charge in [0.05, 0.1) is 78.3 Å². The van der Waals surface area contributed by atoms with E-state index in [0.29, 0.717) is 34.1 Å². The maximum Gasteiger partial charge on any atom is 0.417 e. The number of nitrogens with zero attached hydrogens (tertiary/aromatic N) is 5. The van der Waals surface area contributed by atoms with Crippen molar-refractivity contribution in [1.82, 2.24) is 18.3 Å². The highest BCUT2D eigenvalue weighted by Crippen LogP contribution is 2.48. The number of aromatic nitrogens is 4. The van der Waals surface area contributed by atoms with Gasteiger partial charge in [0.2, 0.25) is 0 Å². The molecule has 0 radical (unpaired) electrons. The van der Waals surface area contributed by atoms with Crippen molar-refractivity contribution in [2.75, 3.05) is 0 Å². The van der Waals surface area contributed by atoms with Gasteiger partial charge in [-0.05, 0) is 114 Å². The molecule has 4 aromatic heterocycles. The van der Waals surface area contributed by atoms with E-state index in [1.54, 1.807) is 24.3 Å². The van der Waals surface area contributed by atoms with Gasteiger partial charge in [-0.15, -0.1) is 0 Å². The summed E-state index contributed by atoms with van der Waals surface area (Å²) in [6.45, 7) is 0. The van der Waals surface area contributed by atoms with Crippen molar-refractivity contribution in [2.24, 2.45) is 0 Å². The standard InChI is InChI=1S/C69H39F6N5/c70-68(71,72)43-29-32-46(57(35-43)69(73,74)75)42-28-31-52(63(34-42)80-61-26-14-10-22-50(61)56-37-54-48-20-8-12-24-59(48)78(65(54)39-67(56)80)45-17-5-2-6-18-45)51-30-27-41(40-76)33-62(51)79-60-25-13-9-21-49(60)55-36-53-47-19-7-11-23-58(47)77(64(53)38-66(55)79)44-15-3-1-4-16-44/h1-39H. The Balaban J connectivity index is 1.07. The predicted molar refractivity (Wildman–Crippen MR) is 309 cm³/mol. The van der Waals surface area contributed by atoms with Crippen LogP contribution in [-0.4, -0.2) is 18.3 Å². The number of hydrogen-bond acceptors (Lipinski definition) is 1. The number of nitriles is 1. The first-order valence-electron chi connectivity index (χ1n) is 25.9. The van der Waals surface area contributed by atoms with Gasteiger partial charge in [0.1, 0.15) is 0 Å². The van der Waals surface area contributed by atoms with Gasteiger partial charge in [0, 0.05) is 65.6 Å². The molecule has 0 unspecified atom stereocenters. The molecule has 0 bridgehead atoms. The van der Waals surface area contributed by atoms with Gasteiger partial charge in [-0.25, -0.2) is 0 Å². The maximum atomic E-state index is 15.3. The van der Waals surface area contributed by atoms with Crippen LogP contribution in [0.1, 0.15) is 16.7 Å². The Hall–Kier alpha value is -10.3. The second-order valence-corrected chi connectivity index (χ2v) is 20.2. The van der Waals surface area contributed by atoms with Crippen molar-refractivity contribution in [1.29, 1.82) is 5.26 Å². The molecule has 4 heterocycles. The molecule has 0 spiro atoms. The SMILES string of the molecule is N#Cc1ccc(-c2ccc(-c3ccc(C(F)(F)F)cc3C(F)(F)F)cc2-n2c3ccccc3c3cc4c5ccccc5n(-c5ccccc5)c4cc32)c(-n2c3ccccc3c3cc4c5ccccc5n(-c5ccccc5)c4cc32)c1. The minimum Gasteiger partial charge on any atom is -0.309 e. The molecule has 15 aromatic rings. The van der Waals surface area contributed by atoms with Crippen LogP contribution in [0.5, 0.6) is 0 Å². The molecule has 0 aliphatic heterocycles. The Morgan fingerprint density at radius 2 is 0.688 bits per heavy atom. The lowest BCUT2D eigenvalue weighted by Crippen LogP contribution is -2.12. The smallest absolute Gasteiger partial charge is 0.309 e. The molecule has 0 amide bonds. The summed E-state index contributed by atoms with van der Waals surface area (Å²) in [6, 6.07) is 76.0. The van der Waals surface area contributed by atoms with E-state index >= 15 is 13.2 Å². The lowest BCUT2D eigenvalue weighted by molar-refractivity contribution is -0.142. The summed E-state index contributed by atoms with van der Waals surface area (Å²) in [4.78, 5) is 0. The largest absolute Gasteiger partial charge is 0.417 e. The summed E-state index contributed by atoms with van der Waals surface area (Å²) < 4.78 is 97.1. The highest BCUT2D eigenvalue weighted by molar-refractivity contribution is 6.21. The second-order valence-electron chi connectivity index (χ2n) is 20.2. The molecule has 0 fully saturated rings. The predicted octanol–water partition coefficient (Wildman–Crippen LogP) is 19.3. The third-order valence-corrected chi connectivity index (χ3v) is 15.8. The number of alkyl halides is 6. The van der Waals surface area contributed by atoms with Gasteiger partial charge in [-0.1, -0.05) is 133 Å². The number of halogens is 6. The minimum absolute atomic E-state index is 0.0541. The van der Waals surface area contributed by atoms with E-state index in [2.05, 4.69) is 91.1 Å². The van der Waals surface area contributed by atoms with E-state index in [4.69, 9.17) is 0 Å². The second kappa shape index (κ2) is 17.3. The molecule has 0 aliphatic carbocycles. The van der Waals surface area contributed by atoms with Gasteiger partial charge in [0.15, 0.2) is 0 Å². The quantitative estimate of drug-likeness (QED) is 0.153. The van der Waals surface area contributed by atoms with Crippen molar-refractivity contribution in [3.63, 3.8) is 0 Å². The number of rotatable bonds is 6. The number of hydrogen-bond donors (Lipinski definition) is 0. The van der Waals surface area contributed by atoms with E-state index in [-0.39, 0.29) is 11.6 Å². The molecule has 0 aliphatic rings. The van der Waals surface area contributed by atoms with Crippen LogP contribution in [0.4, 0.5) is 26.3 Å². The van der Waals surface area contributed by atoms with Gasteiger partial charge >= 0.3 is 12.4 Å². The molecule has 15 rings (SSSR count). The Morgan fingerprint density at radius 3 is 1.12 bits per heavy atom. The third kappa shape index (κ3) is 7.05. The highest BCUT2D eigenvalue weighted by Gasteiger charge is 2.39. The average Bonchev–Trinajstić information content (AvgIpc) is 4.29. The Morgan fingerprint density at radius 1 is 0.300 bits per heavy atom. The fourth-order valence-corrected chi connectivity index (χ4v) is 12.4. The first kappa shape index (κ1) is 46.9. The van der Waals surface area contributed by atoms with Gasteiger partial charge < -0.3 is 18.3 Å². The summed E-state index contributed by atoms with van der Waals surface area (Å²) >= 11 is 0. The van der Waals surface area contributed by atoms with Gasteiger partial charge in [-0.3, -0.25) is 0 Å². The summed E-state index contributed by atoms with van der Waals surface area (Å²) in [7, 11) is 0. The molecule has 0 N–H and O–H groups in total. The zero-order chi connectivity index (χ0) is 54.2. The van der Waals surface area contributed by atoms with Gasteiger partial charge in [-0.2, -0.15) is 31.6 Å². The third-order valence-electron chi connectivity index (χ3n) is 15.8. The first-order chi connectivity index (χ1) is 38.9. The molecule has 11 aromatic carbocycles. The highest BCUT2D eigenvalue weighted by atomic mass is 19.4. The zero-order valence-electron chi connectivity index (χ0n) is 42.0. The maximum absolute atomic E-state index is 15.3. The Labute approximate surface area is 451 Å². The fraction of sp³-hybridized carbons (Fsp3) is 0.0290. The lowest BCUT2D eigenvalue weighted by atomic mass is 9.92. The molecule has 0 saturated heterocycles. The minimum atomic E-state index is -5.15. The summed E-state index contributed by atoms with van der Waals surface area (Å²) in [5.74, 6) is 0. The Bertz CT molecular complexity index is 5110. The van der Waals surface area contributed by atoms with Crippen LogP contribution in [-0.2, 0) is 12.4 Å². The normalized spacial score (nSPS) is 12.4. The van der Waals surface area contributed by atoms with Gasteiger partial charge in [0.25, 0.3) is 0 Å². The van der Waals surface area contributed by atoms with E-state index < -0.39 is 29.0 Å². The fourth-order valence-electron chi connectivity index (χ4n) is 12.4. The van der Waals surface area contributed by atoms with Crippen LogP contribution in [0.15, 0.2) is 237 Å². The van der Waals surface area contributed by atoms with Crippen LogP contribution in [0.25, 0.3) is 132 Å². The molecule has 80 heavy (non-hydrogen) atoms. The summed E-state index contributed by atoms with van der Waals surface area (Å²) in [6.07, 6.45) is -10.2. The molecule has 382 valence electrons. The Kier molecular flexibility index (Phi) is 10.2. The molecule has 5 nitrogen and oxygen atoms in total. The molecular formula is C69H39F6N5. The number of para-hydroxylation sites is 6. The van der Waals surface area contributed by atoms with Crippen LogP contribution < -0.4 is 0 Å². The van der Waals surface area contributed by atoms with Crippen molar-refractivity contribution < 1.29 is 26.3 Å². The van der Waals surface area contributed by atoms with E-state index in [1.807, 2.05) is 127 Å². The molecule has 0 atom stereocenters. The zero-order valence-corrected chi connectivity index (χ0v) is 42.0. The van der Waals surface area contributed by atoms with Crippen LogP contribution >= 0.6 is 0 Å². The monoisotopic (exact) mass is 1050 g/mol. The van der Waals surface area contributed by atoms with Crippen LogP contribution in [0.2, 0.25) is 0 Å². The first-order valence-corrected chi connectivity index (χ1v) is 25.9. The van der Waals surface area contributed by atoms with Crippen LogP contribution in [0.3, 0.4) is 0 Å². The lowest BCUT2D eigenvalue weighted by Gasteiger charge is -2.21. The molecular weight excluding hydrogens is 1010 g/mol. The number of benzene rings is 11. The average molecular weight is 1050 g/mol. The van der Waals surface area contributed by atoms with Crippen molar-refractivity contribution >= 4 is 87.2 Å². The summed E-state index contributed by atoms with van der Waals surface area (Å²) in [5.41, 5.74) is 8.48. The van der Waals surface area contributed by atoms with Crippen molar-refractivity contribution in [3.8, 4) is 51.1 Å². The number of fused-ring (bicyclic) bond motifs is 12. The van der Waals surface area contributed by atoms with E-state index in [9.17, 15) is 18.4 Å². The topological polar surface area (TPSA) is 43.5 Å². The van der Waals surface area contributed by atoms with Crippen LogP contribution in [0, 0.1) is 11.3 Å². The molecule has 11 heteroatoms. The van der Waals surface area contributed by atoms with E-state index in [0.717, 1.165) is 105 Å². The summed E-state index contributed by atoms with van der Waals surface area (Å²) in [5, 5.41) is 18.6. The van der Waals surface area contributed by atoms with E-state index in [1.165, 1.54) is 0 Å². The molecule has 0 saturated carbocycles. The van der Waals surface area contributed by atoms with Crippen molar-refractivity contribution in [3.05, 3.63) is 253 Å². The van der Waals surface area contributed by atoms with Crippen molar-refractivity contribution in [2.45, 2.75) is 12.4 Å².